The van der Waals surface area contributed by atoms with Crippen LogP contribution in [0.1, 0.15) is 17.3 Å². The molecular formula is C13H15N3O. The van der Waals surface area contributed by atoms with E-state index in [1.165, 1.54) is 0 Å². The van der Waals surface area contributed by atoms with Crippen molar-refractivity contribution in [2.45, 2.75) is 6.92 Å². The summed E-state index contributed by atoms with van der Waals surface area (Å²) in [5.74, 6) is -0.00492. The second-order valence-electron chi connectivity index (χ2n) is 3.83. The molecule has 2 rings (SSSR count). The quantitative estimate of drug-likeness (QED) is 0.807. The van der Waals surface area contributed by atoms with Crippen LogP contribution in [-0.4, -0.2) is 34.2 Å². The summed E-state index contributed by atoms with van der Waals surface area (Å²) in [4.78, 5) is 13.6. The van der Waals surface area contributed by atoms with Gasteiger partial charge in [0.25, 0.3) is 5.91 Å². The molecule has 0 fully saturated rings. The topological polar surface area (TPSA) is 38.1 Å². The maximum Gasteiger partial charge on any atom is 0.256 e. The van der Waals surface area contributed by atoms with Crippen molar-refractivity contribution in [1.29, 1.82) is 0 Å². The van der Waals surface area contributed by atoms with Crippen LogP contribution < -0.4 is 0 Å². The minimum atomic E-state index is -0.00492. The molecule has 0 aliphatic carbocycles. The molecule has 1 heterocycles. The molecule has 0 saturated heterocycles. The van der Waals surface area contributed by atoms with E-state index in [2.05, 4.69) is 5.10 Å². The normalized spacial score (nSPS) is 10.2. The van der Waals surface area contributed by atoms with Crippen molar-refractivity contribution in [3.8, 4) is 5.69 Å². The second kappa shape index (κ2) is 4.82. The molecule has 0 aliphatic heterocycles. The van der Waals surface area contributed by atoms with E-state index in [4.69, 9.17) is 0 Å². The highest BCUT2D eigenvalue weighted by Gasteiger charge is 2.12. The number of nitrogens with zero attached hydrogens (tertiary/aromatic N) is 3. The monoisotopic (exact) mass is 229 g/mol. The third-order valence-electron chi connectivity index (χ3n) is 2.67. The van der Waals surface area contributed by atoms with Gasteiger partial charge in [-0.3, -0.25) is 4.79 Å². The minimum Gasteiger partial charge on any atom is -0.342 e. The van der Waals surface area contributed by atoms with Gasteiger partial charge in [-0.05, 0) is 19.1 Å². The molecule has 4 heteroatoms. The summed E-state index contributed by atoms with van der Waals surface area (Å²) in [7, 11) is 1.78. The Morgan fingerprint density at radius 1 is 1.35 bits per heavy atom. The molecule has 1 aromatic carbocycles. The summed E-state index contributed by atoms with van der Waals surface area (Å²) in [5, 5.41) is 4.19. The van der Waals surface area contributed by atoms with E-state index < -0.39 is 0 Å². The third kappa shape index (κ3) is 2.36. The molecule has 0 atom stereocenters. The SMILES string of the molecule is CCN(C)C(=O)c1cnn(-c2ccccc2)c1. The number of amides is 1. The maximum atomic E-state index is 11.9. The first-order valence-electron chi connectivity index (χ1n) is 5.58. The maximum absolute atomic E-state index is 11.9. The summed E-state index contributed by atoms with van der Waals surface area (Å²) < 4.78 is 1.71. The lowest BCUT2D eigenvalue weighted by Gasteiger charge is -2.12. The fraction of sp³-hybridized carbons (Fsp3) is 0.231. The first-order valence-corrected chi connectivity index (χ1v) is 5.58. The van der Waals surface area contributed by atoms with E-state index in [0.717, 1.165) is 5.69 Å². The largest absolute Gasteiger partial charge is 0.342 e. The molecule has 0 aliphatic rings. The first-order chi connectivity index (χ1) is 8.22. The van der Waals surface area contributed by atoms with E-state index in [1.54, 1.807) is 29.0 Å². The molecule has 1 aromatic heterocycles. The predicted octanol–water partition coefficient (Wildman–Crippen LogP) is 1.96. The second-order valence-corrected chi connectivity index (χ2v) is 3.83. The zero-order valence-electron chi connectivity index (χ0n) is 10.00. The summed E-state index contributed by atoms with van der Waals surface area (Å²) in [6.07, 6.45) is 3.35. The summed E-state index contributed by atoms with van der Waals surface area (Å²) >= 11 is 0. The molecule has 2 aromatic rings. The van der Waals surface area contributed by atoms with Crippen molar-refractivity contribution in [3.05, 3.63) is 48.3 Å². The molecule has 17 heavy (non-hydrogen) atoms. The fourth-order valence-electron chi connectivity index (χ4n) is 1.52. The van der Waals surface area contributed by atoms with E-state index >= 15 is 0 Å². The molecule has 88 valence electrons. The van der Waals surface area contributed by atoms with Gasteiger partial charge in [-0.25, -0.2) is 4.68 Å². The van der Waals surface area contributed by atoms with Crippen LogP contribution in [-0.2, 0) is 0 Å². The van der Waals surface area contributed by atoms with Gasteiger partial charge in [-0.2, -0.15) is 5.10 Å². The minimum absolute atomic E-state index is 0.00492. The molecule has 1 amide bonds. The van der Waals surface area contributed by atoms with Crippen molar-refractivity contribution < 1.29 is 4.79 Å². The average molecular weight is 229 g/mol. The van der Waals surface area contributed by atoms with Crippen LogP contribution in [0.4, 0.5) is 0 Å². The molecule has 0 bridgehead atoms. The van der Waals surface area contributed by atoms with Gasteiger partial charge in [-0.15, -0.1) is 0 Å². The number of hydrogen-bond donors (Lipinski definition) is 0. The Bertz CT molecular complexity index is 504. The lowest BCUT2D eigenvalue weighted by Crippen LogP contribution is -2.25. The summed E-state index contributed by atoms with van der Waals surface area (Å²) in [6, 6.07) is 9.73. The lowest BCUT2D eigenvalue weighted by molar-refractivity contribution is 0.0802. The van der Waals surface area contributed by atoms with Crippen LogP contribution in [0.3, 0.4) is 0 Å². The van der Waals surface area contributed by atoms with E-state index in [-0.39, 0.29) is 5.91 Å². The van der Waals surface area contributed by atoms with Crippen LogP contribution in [0.15, 0.2) is 42.7 Å². The molecule has 0 radical (unpaired) electrons. The summed E-state index contributed by atoms with van der Waals surface area (Å²) in [6.45, 7) is 2.63. The molecular weight excluding hydrogens is 214 g/mol. The van der Waals surface area contributed by atoms with Gasteiger partial charge in [0.2, 0.25) is 0 Å². The average Bonchev–Trinajstić information content (AvgIpc) is 2.87. The molecule has 0 spiro atoms. The van der Waals surface area contributed by atoms with Crippen LogP contribution in [0.25, 0.3) is 5.69 Å². The summed E-state index contributed by atoms with van der Waals surface area (Å²) in [5.41, 5.74) is 1.56. The number of para-hydroxylation sites is 1. The number of hydrogen-bond acceptors (Lipinski definition) is 2. The van der Waals surface area contributed by atoms with E-state index in [1.807, 2.05) is 37.3 Å². The van der Waals surface area contributed by atoms with Crippen LogP contribution in [0.5, 0.6) is 0 Å². The smallest absolute Gasteiger partial charge is 0.256 e. The zero-order chi connectivity index (χ0) is 12.3. The third-order valence-corrected chi connectivity index (χ3v) is 2.67. The Balaban J connectivity index is 2.25. The molecule has 0 N–H and O–H groups in total. The van der Waals surface area contributed by atoms with Crippen LogP contribution >= 0.6 is 0 Å². The van der Waals surface area contributed by atoms with E-state index in [9.17, 15) is 4.79 Å². The Morgan fingerprint density at radius 3 is 2.71 bits per heavy atom. The Kier molecular flexibility index (Phi) is 3.23. The Morgan fingerprint density at radius 2 is 2.06 bits per heavy atom. The Hall–Kier alpha value is -2.10. The first kappa shape index (κ1) is 11.4. The number of carbonyl (C=O) groups is 1. The predicted molar refractivity (Wildman–Crippen MR) is 66.2 cm³/mol. The lowest BCUT2D eigenvalue weighted by atomic mass is 10.3. The van der Waals surface area contributed by atoms with Gasteiger partial charge in [0, 0.05) is 19.8 Å². The standard InChI is InChI=1S/C13H15N3O/c1-3-15(2)13(17)11-9-14-16(10-11)12-7-5-4-6-8-12/h4-10H,3H2,1-2H3. The molecule has 0 saturated carbocycles. The van der Waals surface area contributed by atoms with Gasteiger partial charge in [0.05, 0.1) is 17.4 Å². The number of rotatable bonds is 3. The Labute approximate surface area is 100 Å². The zero-order valence-corrected chi connectivity index (χ0v) is 10.00. The van der Waals surface area contributed by atoms with Gasteiger partial charge >= 0.3 is 0 Å². The highest BCUT2D eigenvalue weighted by atomic mass is 16.2. The number of benzene rings is 1. The van der Waals surface area contributed by atoms with Crippen molar-refractivity contribution in [1.82, 2.24) is 14.7 Å². The fourth-order valence-corrected chi connectivity index (χ4v) is 1.52. The number of carbonyl (C=O) groups excluding carboxylic acids is 1. The van der Waals surface area contributed by atoms with Gasteiger partial charge in [0.15, 0.2) is 0 Å². The van der Waals surface area contributed by atoms with Gasteiger partial charge < -0.3 is 4.90 Å². The van der Waals surface area contributed by atoms with Crippen molar-refractivity contribution >= 4 is 5.91 Å². The van der Waals surface area contributed by atoms with Crippen LogP contribution in [0.2, 0.25) is 0 Å². The highest BCUT2D eigenvalue weighted by molar-refractivity contribution is 5.93. The van der Waals surface area contributed by atoms with Crippen molar-refractivity contribution in [2.24, 2.45) is 0 Å². The molecule has 0 unspecified atom stereocenters. The van der Waals surface area contributed by atoms with Crippen LogP contribution in [0, 0.1) is 0 Å². The van der Waals surface area contributed by atoms with Crippen molar-refractivity contribution in [3.63, 3.8) is 0 Å². The van der Waals surface area contributed by atoms with E-state index in [0.29, 0.717) is 12.1 Å². The number of aromatic nitrogens is 2. The van der Waals surface area contributed by atoms with Crippen molar-refractivity contribution in [2.75, 3.05) is 13.6 Å². The van der Waals surface area contributed by atoms with Gasteiger partial charge in [0.1, 0.15) is 0 Å². The van der Waals surface area contributed by atoms with Gasteiger partial charge in [-0.1, -0.05) is 18.2 Å². The highest BCUT2D eigenvalue weighted by Crippen LogP contribution is 2.08. The molecule has 4 nitrogen and oxygen atoms in total.